The van der Waals surface area contributed by atoms with Crippen LogP contribution in [-0.2, 0) is 0 Å². The number of benzene rings is 1. The lowest BCUT2D eigenvalue weighted by molar-refractivity contribution is 0.387. The van der Waals surface area contributed by atoms with Gasteiger partial charge in [-0.2, -0.15) is 0 Å². The van der Waals surface area contributed by atoms with Gasteiger partial charge in [-0.25, -0.2) is 4.98 Å². The highest BCUT2D eigenvalue weighted by Gasteiger charge is 2.20. The third kappa shape index (κ3) is 1.61. The molecule has 2 aromatic rings. The van der Waals surface area contributed by atoms with E-state index in [2.05, 4.69) is 23.3 Å². The molecule has 2 heterocycles. The van der Waals surface area contributed by atoms with Crippen molar-refractivity contribution < 1.29 is 4.42 Å². The lowest BCUT2D eigenvalue weighted by atomic mass is 10.00. The zero-order chi connectivity index (χ0) is 11.0. The Labute approximate surface area is 94.9 Å². The van der Waals surface area contributed by atoms with Crippen LogP contribution in [0.2, 0.25) is 0 Å². The fourth-order valence-corrected chi connectivity index (χ4v) is 2.34. The highest BCUT2D eigenvalue weighted by atomic mass is 16.3. The summed E-state index contributed by atoms with van der Waals surface area (Å²) in [5.74, 6) is 1.34. The molecule has 0 bridgehead atoms. The Hall–Kier alpha value is -1.35. The maximum absolute atomic E-state index is 5.84. The average molecular weight is 216 g/mol. The van der Waals surface area contributed by atoms with Crippen LogP contribution in [-0.4, -0.2) is 18.1 Å². The summed E-state index contributed by atoms with van der Waals surface area (Å²) in [4.78, 5) is 4.63. The predicted molar refractivity (Wildman–Crippen MR) is 63.6 cm³/mol. The highest BCUT2D eigenvalue weighted by molar-refractivity contribution is 5.76. The van der Waals surface area contributed by atoms with Crippen LogP contribution < -0.4 is 5.32 Å². The van der Waals surface area contributed by atoms with Gasteiger partial charge in [0.25, 0.3) is 0 Å². The van der Waals surface area contributed by atoms with E-state index in [1.54, 1.807) is 0 Å². The number of nitrogens with one attached hydrogen (secondary N) is 1. The van der Waals surface area contributed by atoms with Gasteiger partial charge in [0, 0.05) is 12.5 Å². The molecule has 0 aliphatic carbocycles. The van der Waals surface area contributed by atoms with E-state index in [1.165, 1.54) is 18.4 Å². The number of aryl methyl sites for hydroxylation is 1. The third-order valence-electron chi connectivity index (χ3n) is 3.28. The molecule has 3 heteroatoms. The van der Waals surface area contributed by atoms with Crippen molar-refractivity contribution in [2.24, 2.45) is 0 Å². The Morgan fingerprint density at radius 3 is 3.12 bits per heavy atom. The van der Waals surface area contributed by atoms with E-state index in [4.69, 9.17) is 4.42 Å². The standard InChI is InChI=1S/C13H16N2O/c1-9-4-2-6-11-12(9)15-13(16-11)10-5-3-7-14-8-10/h2,4,6,10,14H,3,5,7-8H2,1H3. The van der Waals surface area contributed by atoms with Crippen LogP contribution in [0.4, 0.5) is 0 Å². The van der Waals surface area contributed by atoms with Crippen LogP contribution in [0.3, 0.4) is 0 Å². The van der Waals surface area contributed by atoms with E-state index < -0.39 is 0 Å². The second kappa shape index (κ2) is 3.91. The topological polar surface area (TPSA) is 38.1 Å². The molecule has 0 amide bonds. The molecule has 0 radical (unpaired) electrons. The maximum Gasteiger partial charge on any atom is 0.199 e. The van der Waals surface area contributed by atoms with Crippen molar-refractivity contribution in [3.8, 4) is 0 Å². The Kier molecular flexibility index (Phi) is 2.40. The molecule has 1 aromatic heterocycles. The fraction of sp³-hybridized carbons (Fsp3) is 0.462. The van der Waals surface area contributed by atoms with Crippen molar-refractivity contribution >= 4 is 11.1 Å². The summed E-state index contributed by atoms with van der Waals surface area (Å²) >= 11 is 0. The molecule has 3 rings (SSSR count). The number of oxazole rings is 1. The van der Waals surface area contributed by atoms with Gasteiger partial charge in [0.2, 0.25) is 0 Å². The molecule has 16 heavy (non-hydrogen) atoms. The van der Waals surface area contributed by atoms with Crippen molar-refractivity contribution in [3.63, 3.8) is 0 Å². The molecule has 1 aliphatic heterocycles. The van der Waals surface area contributed by atoms with E-state index in [0.29, 0.717) is 5.92 Å². The van der Waals surface area contributed by atoms with Gasteiger partial charge in [-0.05, 0) is 37.9 Å². The zero-order valence-electron chi connectivity index (χ0n) is 9.49. The van der Waals surface area contributed by atoms with Gasteiger partial charge in [-0.1, -0.05) is 12.1 Å². The summed E-state index contributed by atoms with van der Waals surface area (Å²) in [5.41, 5.74) is 3.12. The highest BCUT2D eigenvalue weighted by Crippen LogP contribution is 2.27. The second-order valence-corrected chi connectivity index (χ2v) is 4.52. The first-order chi connectivity index (χ1) is 7.84. The van der Waals surface area contributed by atoms with Gasteiger partial charge in [0.1, 0.15) is 5.52 Å². The lowest BCUT2D eigenvalue weighted by Gasteiger charge is -2.19. The number of hydrogen-bond acceptors (Lipinski definition) is 3. The van der Waals surface area contributed by atoms with Gasteiger partial charge in [0.15, 0.2) is 11.5 Å². The number of piperidine rings is 1. The van der Waals surface area contributed by atoms with Crippen LogP contribution >= 0.6 is 0 Å². The fourth-order valence-electron chi connectivity index (χ4n) is 2.34. The first kappa shape index (κ1) is 9.85. The minimum Gasteiger partial charge on any atom is -0.440 e. The smallest absolute Gasteiger partial charge is 0.199 e. The van der Waals surface area contributed by atoms with E-state index in [1.807, 2.05) is 12.1 Å². The van der Waals surface area contributed by atoms with Gasteiger partial charge < -0.3 is 9.73 Å². The average Bonchev–Trinajstić information content (AvgIpc) is 2.76. The first-order valence-corrected chi connectivity index (χ1v) is 5.91. The Balaban J connectivity index is 2.01. The van der Waals surface area contributed by atoms with Crippen LogP contribution in [0.5, 0.6) is 0 Å². The number of para-hydroxylation sites is 1. The Bertz CT molecular complexity index is 498. The van der Waals surface area contributed by atoms with Crippen molar-refractivity contribution in [1.82, 2.24) is 10.3 Å². The number of aromatic nitrogens is 1. The molecule has 1 aromatic carbocycles. The number of fused-ring (bicyclic) bond motifs is 1. The number of hydrogen-bond donors (Lipinski definition) is 1. The monoisotopic (exact) mass is 216 g/mol. The van der Waals surface area contributed by atoms with Crippen LogP contribution in [0.25, 0.3) is 11.1 Å². The van der Waals surface area contributed by atoms with Gasteiger partial charge >= 0.3 is 0 Å². The van der Waals surface area contributed by atoms with E-state index in [-0.39, 0.29) is 0 Å². The second-order valence-electron chi connectivity index (χ2n) is 4.52. The van der Waals surface area contributed by atoms with Gasteiger partial charge in [-0.3, -0.25) is 0 Å². The van der Waals surface area contributed by atoms with E-state index >= 15 is 0 Å². The van der Waals surface area contributed by atoms with E-state index in [9.17, 15) is 0 Å². The first-order valence-electron chi connectivity index (χ1n) is 5.91. The maximum atomic E-state index is 5.84. The SMILES string of the molecule is Cc1cccc2oc(C3CCCNC3)nc12. The number of nitrogens with zero attached hydrogens (tertiary/aromatic N) is 1. The Morgan fingerprint density at radius 1 is 1.44 bits per heavy atom. The quantitative estimate of drug-likeness (QED) is 0.796. The van der Waals surface area contributed by atoms with Crippen LogP contribution in [0.15, 0.2) is 22.6 Å². The molecular weight excluding hydrogens is 200 g/mol. The van der Waals surface area contributed by atoms with Crippen molar-refractivity contribution in [1.29, 1.82) is 0 Å². The largest absolute Gasteiger partial charge is 0.440 e. The summed E-state index contributed by atoms with van der Waals surface area (Å²) in [6.07, 6.45) is 2.39. The summed E-state index contributed by atoms with van der Waals surface area (Å²) in [5, 5.41) is 3.39. The summed E-state index contributed by atoms with van der Waals surface area (Å²) in [7, 11) is 0. The third-order valence-corrected chi connectivity index (χ3v) is 3.28. The minimum atomic E-state index is 0.445. The molecule has 1 atom stereocenters. The van der Waals surface area contributed by atoms with Gasteiger partial charge in [-0.15, -0.1) is 0 Å². The summed E-state index contributed by atoms with van der Waals surface area (Å²) in [6, 6.07) is 6.09. The molecule has 0 spiro atoms. The molecule has 84 valence electrons. The normalized spacial score (nSPS) is 21.4. The van der Waals surface area contributed by atoms with Crippen molar-refractivity contribution in [2.75, 3.05) is 13.1 Å². The van der Waals surface area contributed by atoms with Crippen LogP contribution in [0.1, 0.15) is 30.2 Å². The molecule has 0 saturated carbocycles. The molecule has 1 unspecified atom stereocenters. The summed E-state index contributed by atoms with van der Waals surface area (Å²) in [6.45, 7) is 4.19. The zero-order valence-corrected chi connectivity index (χ0v) is 9.49. The minimum absolute atomic E-state index is 0.445. The molecule has 1 fully saturated rings. The van der Waals surface area contributed by atoms with E-state index in [0.717, 1.165) is 30.1 Å². The Morgan fingerprint density at radius 2 is 2.38 bits per heavy atom. The molecule has 1 aliphatic rings. The van der Waals surface area contributed by atoms with Crippen LogP contribution in [0, 0.1) is 6.92 Å². The van der Waals surface area contributed by atoms with Crippen molar-refractivity contribution in [2.45, 2.75) is 25.7 Å². The lowest BCUT2D eigenvalue weighted by Crippen LogP contribution is -2.28. The number of rotatable bonds is 1. The van der Waals surface area contributed by atoms with Crippen molar-refractivity contribution in [3.05, 3.63) is 29.7 Å². The molecule has 3 nitrogen and oxygen atoms in total. The molecule has 1 N–H and O–H groups in total. The summed E-state index contributed by atoms with van der Waals surface area (Å²) < 4.78 is 5.84. The molecular formula is C13H16N2O. The predicted octanol–water partition coefficient (Wildman–Crippen LogP) is 2.60. The van der Waals surface area contributed by atoms with Gasteiger partial charge in [0.05, 0.1) is 0 Å². The molecule has 1 saturated heterocycles.